The Morgan fingerprint density at radius 3 is 2.67 bits per heavy atom. The van der Waals surface area contributed by atoms with Crippen molar-refractivity contribution in [2.75, 3.05) is 19.4 Å². The molecule has 4 heteroatoms. The first kappa shape index (κ1) is 15.2. The highest BCUT2D eigenvalue weighted by molar-refractivity contribution is 7.85. The van der Waals surface area contributed by atoms with E-state index in [0.29, 0.717) is 5.75 Å². The number of hydrogen-bond acceptors (Lipinski definition) is 3. The number of methoxy groups -OCH3 is 1. The molecule has 0 spiro atoms. The molecule has 2 unspecified atom stereocenters. The predicted octanol–water partition coefficient (Wildman–Crippen LogP) is 2.50. The van der Waals surface area contributed by atoms with Gasteiger partial charge in [-0.15, -0.1) is 0 Å². The summed E-state index contributed by atoms with van der Waals surface area (Å²) in [6.45, 7) is 6.90. The van der Waals surface area contributed by atoms with Gasteiger partial charge in [0, 0.05) is 27.8 Å². The van der Waals surface area contributed by atoms with E-state index in [2.05, 4.69) is 12.2 Å². The van der Waals surface area contributed by atoms with Gasteiger partial charge >= 0.3 is 0 Å². The van der Waals surface area contributed by atoms with E-state index in [4.69, 9.17) is 4.74 Å². The van der Waals surface area contributed by atoms with Crippen LogP contribution in [0.5, 0.6) is 5.75 Å². The second kappa shape index (κ2) is 7.54. The molecular weight excluding hydrogens is 246 g/mol. The van der Waals surface area contributed by atoms with Crippen molar-refractivity contribution in [3.8, 4) is 5.75 Å². The first-order valence-corrected chi connectivity index (χ1v) is 7.71. The van der Waals surface area contributed by atoms with Gasteiger partial charge in [0.1, 0.15) is 5.75 Å². The van der Waals surface area contributed by atoms with Crippen molar-refractivity contribution in [2.24, 2.45) is 0 Å². The van der Waals surface area contributed by atoms with Crippen molar-refractivity contribution < 1.29 is 8.95 Å². The second-order valence-electron chi connectivity index (χ2n) is 4.48. The van der Waals surface area contributed by atoms with E-state index in [-0.39, 0.29) is 11.3 Å². The molecule has 0 aliphatic heterocycles. The van der Waals surface area contributed by atoms with Crippen molar-refractivity contribution in [3.63, 3.8) is 0 Å². The van der Waals surface area contributed by atoms with Crippen LogP contribution in [0.25, 0.3) is 0 Å². The number of benzene rings is 1. The summed E-state index contributed by atoms with van der Waals surface area (Å²) in [7, 11) is 0.845. The number of rotatable bonds is 7. The maximum absolute atomic E-state index is 12.0. The van der Waals surface area contributed by atoms with Crippen LogP contribution >= 0.6 is 0 Å². The summed E-state index contributed by atoms with van der Waals surface area (Å²) >= 11 is 0. The molecule has 0 heterocycles. The molecule has 0 aliphatic carbocycles. The highest BCUT2D eigenvalue weighted by Gasteiger charge is 2.16. The van der Waals surface area contributed by atoms with Crippen molar-refractivity contribution in [1.82, 2.24) is 5.32 Å². The van der Waals surface area contributed by atoms with Crippen molar-refractivity contribution in [2.45, 2.75) is 32.1 Å². The van der Waals surface area contributed by atoms with Crippen LogP contribution in [0.2, 0.25) is 0 Å². The summed E-state index contributed by atoms with van der Waals surface area (Å²) in [5.41, 5.74) is 1.13. The summed E-state index contributed by atoms with van der Waals surface area (Å²) in [5, 5.41) is 3.58. The molecule has 0 aromatic heterocycles. The molecule has 102 valence electrons. The lowest BCUT2D eigenvalue weighted by Crippen LogP contribution is -2.28. The minimum Gasteiger partial charge on any atom is -0.497 e. The van der Waals surface area contributed by atoms with Gasteiger partial charge in [-0.2, -0.15) is 0 Å². The molecule has 0 bridgehead atoms. The van der Waals surface area contributed by atoms with Crippen LogP contribution in [0.4, 0.5) is 0 Å². The van der Waals surface area contributed by atoms with Crippen LogP contribution < -0.4 is 10.1 Å². The summed E-state index contributed by atoms with van der Waals surface area (Å²) in [5.74, 6) is 1.48. The number of nitrogens with one attached hydrogen (secondary N) is 1. The highest BCUT2D eigenvalue weighted by atomic mass is 32.2. The van der Waals surface area contributed by atoms with E-state index in [1.165, 1.54) is 0 Å². The minimum absolute atomic E-state index is 0.119. The average molecular weight is 269 g/mol. The molecule has 1 rings (SSSR count). The number of hydrogen-bond donors (Lipinski definition) is 1. The Morgan fingerprint density at radius 2 is 2.11 bits per heavy atom. The van der Waals surface area contributed by atoms with E-state index in [9.17, 15) is 4.21 Å². The van der Waals surface area contributed by atoms with Crippen molar-refractivity contribution in [3.05, 3.63) is 29.8 Å². The smallest absolute Gasteiger partial charge is 0.119 e. The van der Waals surface area contributed by atoms with E-state index in [0.717, 1.165) is 17.9 Å². The van der Waals surface area contributed by atoms with Gasteiger partial charge in [-0.05, 0) is 24.2 Å². The number of ether oxygens (including phenoxy) is 1. The SMILES string of the molecule is CCNC(CS(=O)C(C)C)c1cccc(OC)c1. The molecule has 1 aromatic rings. The van der Waals surface area contributed by atoms with Crippen LogP contribution in [0.3, 0.4) is 0 Å². The Hall–Kier alpha value is -0.870. The fourth-order valence-corrected chi connectivity index (χ4v) is 2.76. The standard InChI is InChI=1S/C14H23NO2S/c1-5-15-14(10-18(16)11(2)3)12-7-6-8-13(9-12)17-4/h6-9,11,14-15H,5,10H2,1-4H3. The minimum atomic E-state index is -0.816. The molecule has 0 radical (unpaired) electrons. The predicted molar refractivity (Wildman–Crippen MR) is 77.6 cm³/mol. The summed E-state index contributed by atoms with van der Waals surface area (Å²) in [6.07, 6.45) is 0. The average Bonchev–Trinajstić information content (AvgIpc) is 2.38. The fourth-order valence-electron chi connectivity index (χ4n) is 1.73. The monoisotopic (exact) mass is 269 g/mol. The molecule has 0 saturated heterocycles. The lowest BCUT2D eigenvalue weighted by Gasteiger charge is -2.19. The Labute approximate surface area is 112 Å². The summed E-state index contributed by atoms with van der Waals surface area (Å²) in [6, 6.07) is 8.06. The van der Waals surface area contributed by atoms with E-state index < -0.39 is 10.8 Å². The van der Waals surface area contributed by atoms with Gasteiger partial charge in [0.15, 0.2) is 0 Å². The lowest BCUT2D eigenvalue weighted by atomic mass is 10.1. The van der Waals surface area contributed by atoms with Crippen LogP contribution in [0.15, 0.2) is 24.3 Å². The third-order valence-corrected chi connectivity index (χ3v) is 4.52. The molecule has 18 heavy (non-hydrogen) atoms. The Bertz CT molecular complexity index is 393. The van der Waals surface area contributed by atoms with Gasteiger partial charge < -0.3 is 10.1 Å². The van der Waals surface area contributed by atoms with Gasteiger partial charge in [0.05, 0.1) is 7.11 Å². The molecular formula is C14H23NO2S. The van der Waals surface area contributed by atoms with Crippen LogP contribution in [-0.2, 0) is 10.8 Å². The summed E-state index contributed by atoms with van der Waals surface area (Å²) in [4.78, 5) is 0. The van der Waals surface area contributed by atoms with Crippen LogP contribution in [0.1, 0.15) is 32.4 Å². The molecule has 0 saturated carbocycles. The van der Waals surface area contributed by atoms with Gasteiger partial charge in [0.2, 0.25) is 0 Å². The third kappa shape index (κ3) is 4.42. The zero-order valence-corrected chi connectivity index (χ0v) is 12.4. The Kier molecular flexibility index (Phi) is 6.36. The van der Waals surface area contributed by atoms with Crippen LogP contribution in [0, 0.1) is 0 Å². The fraction of sp³-hybridized carbons (Fsp3) is 0.571. The lowest BCUT2D eigenvalue weighted by molar-refractivity contribution is 0.413. The Morgan fingerprint density at radius 1 is 1.39 bits per heavy atom. The van der Waals surface area contributed by atoms with Crippen LogP contribution in [-0.4, -0.2) is 28.9 Å². The third-order valence-electron chi connectivity index (χ3n) is 2.80. The topological polar surface area (TPSA) is 38.3 Å². The first-order chi connectivity index (χ1) is 8.58. The molecule has 2 atom stereocenters. The van der Waals surface area contributed by atoms with Crippen molar-refractivity contribution >= 4 is 10.8 Å². The maximum atomic E-state index is 12.0. The molecule has 0 amide bonds. The normalized spacial score (nSPS) is 14.5. The van der Waals surface area contributed by atoms with Crippen molar-refractivity contribution in [1.29, 1.82) is 0 Å². The Balaban J connectivity index is 2.85. The quantitative estimate of drug-likeness (QED) is 0.826. The first-order valence-electron chi connectivity index (χ1n) is 6.33. The molecule has 1 N–H and O–H groups in total. The van der Waals surface area contributed by atoms with E-state index >= 15 is 0 Å². The molecule has 1 aromatic carbocycles. The largest absolute Gasteiger partial charge is 0.497 e. The zero-order valence-electron chi connectivity index (χ0n) is 11.6. The highest BCUT2D eigenvalue weighted by Crippen LogP contribution is 2.20. The summed E-state index contributed by atoms with van der Waals surface area (Å²) < 4.78 is 17.2. The second-order valence-corrected chi connectivity index (χ2v) is 6.52. The van der Waals surface area contributed by atoms with Gasteiger partial charge in [0.25, 0.3) is 0 Å². The van der Waals surface area contributed by atoms with Gasteiger partial charge in [-0.25, -0.2) is 0 Å². The molecule has 0 fully saturated rings. The molecule has 3 nitrogen and oxygen atoms in total. The van der Waals surface area contributed by atoms with E-state index in [1.54, 1.807) is 7.11 Å². The van der Waals surface area contributed by atoms with E-state index in [1.807, 2.05) is 38.1 Å². The van der Waals surface area contributed by atoms with Gasteiger partial charge in [-0.3, -0.25) is 4.21 Å². The maximum Gasteiger partial charge on any atom is 0.119 e. The van der Waals surface area contributed by atoms with Gasteiger partial charge in [-0.1, -0.05) is 32.9 Å². The zero-order chi connectivity index (χ0) is 13.5. The molecule has 0 aliphatic rings.